The van der Waals surface area contributed by atoms with Crippen molar-refractivity contribution in [1.82, 2.24) is 4.98 Å². The zero-order valence-corrected chi connectivity index (χ0v) is 28.2. The van der Waals surface area contributed by atoms with Crippen LogP contribution in [-0.4, -0.2) is 48.8 Å². The number of imide groups is 1. The Hall–Kier alpha value is -4.26. The highest BCUT2D eigenvalue weighted by Crippen LogP contribution is 2.69. The third kappa shape index (κ3) is 5.00. The van der Waals surface area contributed by atoms with Gasteiger partial charge in [0.25, 0.3) is 5.91 Å². The number of carbonyl (C=O) groups excluding carboxylic acids is 3. The Bertz CT molecular complexity index is 2000. The van der Waals surface area contributed by atoms with Crippen LogP contribution < -0.4 is 29.3 Å². The maximum atomic E-state index is 14.1. The molecule has 2 bridgehead atoms. The van der Waals surface area contributed by atoms with E-state index in [1.165, 1.54) is 4.90 Å². The predicted molar refractivity (Wildman–Crippen MR) is 183 cm³/mol. The SMILES string of the molecule is COc1ccc(NC(=O)COc2ccc(Cl)cc2[C@@H]2c3sc(=O)[nH]c3S[C@@H]3[C@@H]4C[C@@H]([C@@H]5C(=O)N(c6ccc(OC)cc6)C(=O)[C@@H]45)[C@H]23)cc1. The van der Waals surface area contributed by atoms with Crippen molar-refractivity contribution in [2.24, 2.45) is 29.6 Å². The van der Waals surface area contributed by atoms with Gasteiger partial charge in [-0.05, 0) is 90.9 Å². The molecule has 3 aromatic carbocycles. The number of H-pyrrole nitrogens is 1. The van der Waals surface area contributed by atoms with Crippen molar-refractivity contribution in [3.05, 3.63) is 91.9 Å². The minimum atomic E-state index is -0.468. The lowest BCUT2D eigenvalue weighted by Gasteiger charge is -2.43. The monoisotopic (exact) mass is 703 g/mol. The highest BCUT2D eigenvalue weighted by atomic mass is 35.5. The second kappa shape index (κ2) is 12.0. The number of fused-ring (bicyclic) bond motifs is 9. The van der Waals surface area contributed by atoms with Gasteiger partial charge in [0.2, 0.25) is 11.8 Å². The van der Waals surface area contributed by atoms with E-state index in [0.29, 0.717) is 33.6 Å². The smallest absolute Gasteiger partial charge is 0.305 e. The van der Waals surface area contributed by atoms with E-state index >= 15 is 0 Å². The summed E-state index contributed by atoms with van der Waals surface area (Å²) in [5.74, 6) is -0.354. The van der Waals surface area contributed by atoms with Crippen LogP contribution in [-0.2, 0) is 14.4 Å². The van der Waals surface area contributed by atoms with E-state index in [9.17, 15) is 19.2 Å². The molecule has 0 spiro atoms. The Labute approximate surface area is 288 Å². The molecular weight excluding hydrogens is 674 g/mol. The van der Waals surface area contributed by atoms with Crippen LogP contribution in [0.2, 0.25) is 5.02 Å². The zero-order valence-electron chi connectivity index (χ0n) is 25.8. The summed E-state index contributed by atoms with van der Waals surface area (Å²) in [5.41, 5.74) is 1.89. The molecule has 4 aliphatic rings. The molecular formula is C35H30ClN3O7S2. The molecule has 10 nitrogen and oxygen atoms in total. The Morgan fingerprint density at radius 1 is 0.938 bits per heavy atom. The van der Waals surface area contributed by atoms with Gasteiger partial charge >= 0.3 is 4.87 Å². The number of rotatable bonds is 8. The molecule has 2 saturated carbocycles. The number of ether oxygens (including phenoxy) is 3. The molecule has 8 rings (SSSR count). The number of aromatic amines is 1. The number of anilines is 2. The van der Waals surface area contributed by atoms with Gasteiger partial charge in [0.1, 0.15) is 17.2 Å². The van der Waals surface area contributed by atoms with E-state index in [1.54, 1.807) is 86.6 Å². The van der Waals surface area contributed by atoms with Crippen molar-refractivity contribution in [2.75, 3.05) is 31.0 Å². The second-order valence-electron chi connectivity index (χ2n) is 12.4. The first-order valence-corrected chi connectivity index (χ1v) is 17.6. The summed E-state index contributed by atoms with van der Waals surface area (Å²) in [6, 6.07) is 19.3. The quantitative estimate of drug-likeness (QED) is 0.221. The molecule has 1 aromatic heterocycles. The summed E-state index contributed by atoms with van der Waals surface area (Å²) in [5, 5.41) is 4.07. The van der Waals surface area contributed by atoms with Gasteiger partial charge in [-0.1, -0.05) is 22.9 Å². The number of benzene rings is 3. The minimum Gasteiger partial charge on any atom is -0.497 e. The van der Waals surface area contributed by atoms with Gasteiger partial charge in [-0.25, -0.2) is 0 Å². The molecule has 0 unspecified atom stereocenters. The van der Waals surface area contributed by atoms with Gasteiger partial charge in [-0.3, -0.25) is 24.1 Å². The van der Waals surface area contributed by atoms with Crippen molar-refractivity contribution in [3.63, 3.8) is 0 Å². The van der Waals surface area contributed by atoms with Gasteiger partial charge in [-0.15, -0.1) is 11.8 Å². The van der Waals surface area contributed by atoms with Crippen molar-refractivity contribution in [2.45, 2.75) is 22.6 Å². The van der Waals surface area contributed by atoms with Crippen LogP contribution in [0.1, 0.15) is 22.8 Å². The summed E-state index contributed by atoms with van der Waals surface area (Å²) in [4.78, 5) is 58.8. The van der Waals surface area contributed by atoms with Crippen molar-refractivity contribution in [3.8, 4) is 17.2 Å². The molecule has 2 N–H and O–H groups in total. The molecule has 3 heterocycles. The van der Waals surface area contributed by atoms with Gasteiger partial charge in [0.05, 0.1) is 36.8 Å². The van der Waals surface area contributed by atoms with E-state index < -0.39 is 11.8 Å². The topological polar surface area (TPSA) is 127 Å². The number of thioether (sulfide) groups is 1. The van der Waals surface area contributed by atoms with E-state index in [4.69, 9.17) is 25.8 Å². The molecule has 3 fully saturated rings. The predicted octanol–water partition coefficient (Wildman–Crippen LogP) is 5.80. The Morgan fingerprint density at radius 3 is 2.29 bits per heavy atom. The maximum absolute atomic E-state index is 14.1. The number of amides is 3. The average molecular weight is 704 g/mol. The third-order valence-electron chi connectivity index (χ3n) is 10.1. The largest absolute Gasteiger partial charge is 0.497 e. The van der Waals surface area contributed by atoms with Gasteiger partial charge in [-0.2, -0.15) is 0 Å². The lowest BCUT2D eigenvalue weighted by Crippen LogP contribution is -2.42. The molecule has 7 atom stereocenters. The fourth-order valence-corrected chi connectivity index (χ4v) is 11.3. The Kier molecular flexibility index (Phi) is 7.77. The number of nitrogens with zero attached hydrogens (tertiary/aromatic N) is 1. The van der Waals surface area contributed by atoms with E-state index in [2.05, 4.69) is 10.3 Å². The number of carbonyl (C=O) groups is 3. The van der Waals surface area contributed by atoms with Crippen molar-refractivity contribution >= 4 is 63.8 Å². The summed E-state index contributed by atoms with van der Waals surface area (Å²) >= 11 is 9.35. The minimum absolute atomic E-state index is 0.0169. The zero-order chi connectivity index (χ0) is 33.3. The van der Waals surface area contributed by atoms with E-state index in [0.717, 1.165) is 33.2 Å². The van der Waals surface area contributed by atoms with Crippen LogP contribution in [0, 0.1) is 29.6 Å². The normalized spacial score (nSPS) is 26.6. The van der Waals surface area contributed by atoms with Crippen LogP contribution >= 0.6 is 34.7 Å². The highest BCUT2D eigenvalue weighted by molar-refractivity contribution is 8.00. The number of aromatic nitrogens is 1. The molecule has 4 aromatic rings. The third-order valence-corrected chi connectivity index (χ3v) is 12.9. The van der Waals surface area contributed by atoms with Crippen LogP contribution in [0.4, 0.5) is 11.4 Å². The molecule has 0 radical (unpaired) electrons. The van der Waals surface area contributed by atoms with Crippen LogP contribution in [0.5, 0.6) is 17.2 Å². The average Bonchev–Trinajstić information content (AvgIpc) is 3.83. The maximum Gasteiger partial charge on any atom is 0.305 e. The molecule has 3 amide bonds. The van der Waals surface area contributed by atoms with Gasteiger partial charge in [0.15, 0.2) is 6.61 Å². The Balaban J connectivity index is 1.12. The van der Waals surface area contributed by atoms with E-state index in [-0.39, 0.29) is 58.1 Å². The molecule has 246 valence electrons. The number of nitrogens with one attached hydrogen (secondary N) is 2. The first-order valence-electron chi connectivity index (χ1n) is 15.5. The molecule has 48 heavy (non-hydrogen) atoms. The second-order valence-corrected chi connectivity index (χ2v) is 15.1. The number of hydrogen-bond acceptors (Lipinski definition) is 9. The summed E-state index contributed by atoms with van der Waals surface area (Å²) < 4.78 is 16.6. The molecule has 1 saturated heterocycles. The molecule has 2 aliphatic carbocycles. The lowest BCUT2D eigenvalue weighted by atomic mass is 9.68. The van der Waals surface area contributed by atoms with Crippen molar-refractivity contribution < 1.29 is 28.6 Å². The first kappa shape index (κ1) is 31.0. The fourth-order valence-electron chi connectivity index (χ4n) is 8.26. The van der Waals surface area contributed by atoms with Crippen LogP contribution in [0.15, 0.2) is 76.6 Å². The number of thiazole rings is 1. The number of hydrogen-bond donors (Lipinski definition) is 2. The highest BCUT2D eigenvalue weighted by Gasteiger charge is 2.69. The van der Waals surface area contributed by atoms with Gasteiger partial charge in [0, 0.05) is 32.3 Å². The molecule has 13 heteroatoms. The summed E-state index contributed by atoms with van der Waals surface area (Å²) in [6.45, 7) is -0.257. The van der Waals surface area contributed by atoms with Crippen molar-refractivity contribution in [1.29, 1.82) is 0 Å². The lowest BCUT2D eigenvalue weighted by molar-refractivity contribution is -0.123. The van der Waals surface area contributed by atoms with Gasteiger partial charge < -0.3 is 24.5 Å². The van der Waals surface area contributed by atoms with Crippen LogP contribution in [0.25, 0.3) is 0 Å². The fraction of sp³-hybridized carbons (Fsp3) is 0.314. The standard InChI is InChI=1S/C35H30ClN3O7S2/c1-44-19-8-4-17(5-9-19)37-25(40)15-46-24-12-3-16(36)13-21(24)26-27-22-14-23(30(27)47-32-31(26)48-35(43)38-32)29-28(22)33(41)39(34(29)42)18-6-10-20(45-2)11-7-18/h3-13,22-23,26-30H,14-15H2,1-2H3,(H,37,40)(H,38,43)/t22-,23-,26+,27-,28+,29+,30-/m1/s1. The molecule has 2 aliphatic heterocycles. The number of methoxy groups -OCH3 is 2. The Morgan fingerprint density at radius 2 is 1.60 bits per heavy atom. The number of halogens is 1. The summed E-state index contributed by atoms with van der Waals surface area (Å²) in [6.07, 6.45) is 0.738. The van der Waals surface area contributed by atoms with E-state index in [1.807, 2.05) is 6.07 Å². The van der Waals surface area contributed by atoms with Crippen LogP contribution in [0.3, 0.4) is 0 Å². The summed E-state index contributed by atoms with van der Waals surface area (Å²) in [7, 11) is 3.14. The first-order chi connectivity index (χ1) is 23.2.